The number of benzene rings is 3. The zero-order valence-electron chi connectivity index (χ0n) is 20.0. The van der Waals surface area contributed by atoms with Crippen LogP contribution in [0.5, 0.6) is 5.75 Å². The third kappa shape index (κ3) is 6.03. The van der Waals surface area contributed by atoms with Gasteiger partial charge in [0.2, 0.25) is 6.41 Å². The van der Waals surface area contributed by atoms with Crippen molar-refractivity contribution in [3.8, 4) is 16.9 Å². The van der Waals surface area contributed by atoms with E-state index in [1.54, 1.807) is 29.2 Å². The standard InChI is InChI=1S/C28H27FN4O3/c1-20-2-10-24(11-3-20)31-28(35)27(26(18-30)33-16-14-32(19-34)15-17-33)36-25-12-6-22(7-13-25)21-4-8-23(29)9-5-21/h2-13,18-19,30H,14-17H2,1H3,(H,31,35)/p+1/b27-26-,30-18?. The molecule has 1 aliphatic heterocycles. The molecule has 0 bridgehead atoms. The van der Waals surface area contributed by atoms with Crippen LogP contribution in [0.4, 0.5) is 10.1 Å². The largest absolute Gasteiger partial charge is 0.446 e. The number of carbonyl (C=O) groups is 2. The summed E-state index contributed by atoms with van der Waals surface area (Å²) in [6.07, 6.45) is 1.93. The molecule has 3 aromatic rings. The highest BCUT2D eigenvalue weighted by atomic mass is 19.1. The quantitative estimate of drug-likeness (QED) is 0.168. The van der Waals surface area contributed by atoms with Crippen molar-refractivity contribution < 1.29 is 24.0 Å². The lowest BCUT2D eigenvalue weighted by Crippen LogP contribution is -2.83. The number of quaternary nitrogens is 1. The molecule has 0 aromatic heterocycles. The van der Waals surface area contributed by atoms with Crippen LogP contribution >= 0.6 is 0 Å². The zero-order valence-corrected chi connectivity index (χ0v) is 20.0. The Hall–Kier alpha value is -4.30. The number of halogens is 1. The molecule has 8 heteroatoms. The summed E-state index contributed by atoms with van der Waals surface area (Å²) < 4.78 is 19.4. The molecular formula is C28H28FN4O3+. The molecule has 184 valence electrons. The molecule has 0 spiro atoms. The smallest absolute Gasteiger partial charge is 0.385 e. The predicted molar refractivity (Wildman–Crippen MR) is 135 cm³/mol. The van der Waals surface area contributed by atoms with Gasteiger partial charge >= 0.3 is 5.91 Å². The van der Waals surface area contributed by atoms with Crippen LogP contribution in [0.15, 0.2) is 84.3 Å². The maximum Gasteiger partial charge on any atom is 0.385 e. The van der Waals surface area contributed by atoms with Gasteiger partial charge in [-0.05, 0) is 54.4 Å². The topological polar surface area (TPSA) is 90.3 Å². The Bertz CT molecular complexity index is 1250. The summed E-state index contributed by atoms with van der Waals surface area (Å²) in [4.78, 5) is 28.1. The maximum atomic E-state index is 13.4. The van der Waals surface area contributed by atoms with E-state index in [1.807, 2.05) is 48.2 Å². The lowest BCUT2D eigenvalue weighted by molar-refractivity contribution is -0.481. The Balaban J connectivity index is 1.62. The molecular weight excluding hydrogens is 459 g/mol. The van der Waals surface area contributed by atoms with E-state index in [0.29, 0.717) is 37.6 Å². The third-order valence-corrected chi connectivity index (χ3v) is 6.02. The minimum absolute atomic E-state index is 0.0414. The fourth-order valence-corrected chi connectivity index (χ4v) is 3.95. The summed E-state index contributed by atoms with van der Waals surface area (Å²) in [5.74, 6) is -0.185. The van der Waals surface area contributed by atoms with Gasteiger partial charge in [-0.1, -0.05) is 42.0 Å². The second-order valence-corrected chi connectivity index (χ2v) is 8.54. The summed E-state index contributed by atoms with van der Waals surface area (Å²) in [6, 6.07) is 20.9. The van der Waals surface area contributed by atoms with Crippen molar-refractivity contribution in [2.45, 2.75) is 6.92 Å². The van der Waals surface area contributed by atoms with Gasteiger partial charge in [-0.25, -0.2) is 14.5 Å². The summed E-state index contributed by atoms with van der Waals surface area (Å²) >= 11 is 0. The van der Waals surface area contributed by atoms with Crippen molar-refractivity contribution in [3.05, 3.63) is 95.6 Å². The zero-order chi connectivity index (χ0) is 25.5. The van der Waals surface area contributed by atoms with Crippen LogP contribution in [0.25, 0.3) is 11.1 Å². The van der Waals surface area contributed by atoms with E-state index in [1.165, 1.54) is 17.4 Å². The van der Waals surface area contributed by atoms with Gasteiger partial charge < -0.3 is 19.9 Å². The molecule has 0 saturated carbocycles. The Morgan fingerprint density at radius 1 is 0.917 bits per heavy atom. The molecule has 3 aromatic carbocycles. The number of nitrogens with one attached hydrogen (secondary N) is 1. The Morgan fingerprint density at radius 3 is 2.06 bits per heavy atom. The van der Waals surface area contributed by atoms with Crippen LogP contribution in [-0.2, 0) is 9.59 Å². The number of carbonyl (C=O) groups excluding carboxylic acids is 2. The molecule has 36 heavy (non-hydrogen) atoms. The van der Waals surface area contributed by atoms with Gasteiger partial charge in [0.1, 0.15) is 23.0 Å². The highest BCUT2D eigenvalue weighted by Gasteiger charge is 2.27. The van der Waals surface area contributed by atoms with E-state index >= 15 is 0 Å². The molecule has 0 atom stereocenters. The Morgan fingerprint density at radius 2 is 1.50 bits per heavy atom. The number of nitrogens with two attached hydrogens (primary N) is 1. The second-order valence-electron chi connectivity index (χ2n) is 8.54. The lowest BCUT2D eigenvalue weighted by atomic mass is 10.1. The summed E-state index contributed by atoms with van der Waals surface area (Å²) in [6.45, 7) is 3.93. The number of amides is 2. The van der Waals surface area contributed by atoms with Crippen molar-refractivity contribution in [2.75, 3.05) is 26.2 Å². The van der Waals surface area contributed by atoms with Crippen LogP contribution in [0.3, 0.4) is 0 Å². The van der Waals surface area contributed by atoms with Crippen LogP contribution in [0, 0.1) is 18.2 Å². The van der Waals surface area contributed by atoms with Gasteiger partial charge in [-0.15, -0.1) is 0 Å². The van der Waals surface area contributed by atoms with Crippen LogP contribution in [0.1, 0.15) is 5.56 Å². The molecule has 1 heterocycles. The average Bonchev–Trinajstić information content (AvgIpc) is 2.91. The summed E-state index contributed by atoms with van der Waals surface area (Å²) in [7, 11) is 0. The lowest BCUT2D eigenvalue weighted by Gasteiger charge is -2.34. The normalized spacial score (nSPS) is 14.2. The average molecular weight is 488 g/mol. The molecule has 0 aliphatic carbocycles. The van der Waals surface area contributed by atoms with E-state index in [2.05, 4.69) is 0 Å². The SMILES string of the molecule is Cc1ccc([NH2+]C(=O)/C(Oc2ccc(-c3ccc(F)cc3)cc2)=C(\C=N)N2CCN(C=O)CC2)cc1. The molecule has 1 aliphatic rings. The molecule has 4 rings (SSSR count). The molecule has 3 N–H and O–H groups in total. The van der Waals surface area contributed by atoms with Gasteiger partial charge in [0.05, 0.1) is 0 Å². The van der Waals surface area contributed by atoms with Crippen molar-refractivity contribution in [1.29, 1.82) is 5.41 Å². The van der Waals surface area contributed by atoms with E-state index in [0.717, 1.165) is 35.0 Å². The number of rotatable bonds is 8. The second kappa shape index (κ2) is 11.4. The van der Waals surface area contributed by atoms with Crippen molar-refractivity contribution >= 4 is 24.2 Å². The number of ether oxygens (including phenoxy) is 1. The first kappa shape index (κ1) is 24.8. The Kier molecular flexibility index (Phi) is 7.87. The third-order valence-electron chi connectivity index (χ3n) is 6.02. The van der Waals surface area contributed by atoms with E-state index < -0.39 is 0 Å². The fourth-order valence-electron chi connectivity index (χ4n) is 3.95. The molecule has 1 saturated heterocycles. The van der Waals surface area contributed by atoms with Crippen LogP contribution < -0.4 is 10.1 Å². The minimum atomic E-state index is -0.363. The number of hydrogen-bond acceptors (Lipinski definition) is 5. The van der Waals surface area contributed by atoms with Gasteiger partial charge in [0.25, 0.3) is 5.76 Å². The Labute approximate surface area is 209 Å². The first-order valence-electron chi connectivity index (χ1n) is 11.7. The number of piperazine rings is 1. The van der Waals surface area contributed by atoms with Gasteiger partial charge in [0, 0.05) is 32.4 Å². The number of allylic oxidation sites excluding steroid dienone is 1. The van der Waals surface area contributed by atoms with E-state index in [9.17, 15) is 14.0 Å². The van der Waals surface area contributed by atoms with Crippen molar-refractivity contribution in [3.63, 3.8) is 0 Å². The number of hydrogen-bond donors (Lipinski definition) is 2. The number of nitrogens with zero attached hydrogens (tertiary/aromatic N) is 2. The fraction of sp³-hybridized carbons (Fsp3) is 0.179. The summed E-state index contributed by atoms with van der Waals surface area (Å²) in [5.41, 5.74) is 3.91. The van der Waals surface area contributed by atoms with Gasteiger partial charge in [0.15, 0.2) is 0 Å². The van der Waals surface area contributed by atoms with E-state index in [4.69, 9.17) is 10.1 Å². The van der Waals surface area contributed by atoms with Crippen molar-refractivity contribution in [1.82, 2.24) is 9.80 Å². The maximum absolute atomic E-state index is 13.4. The van der Waals surface area contributed by atoms with Gasteiger partial charge in [-0.3, -0.25) is 4.79 Å². The summed E-state index contributed by atoms with van der Waals surface area (Å²) in [5, 5.41) is 9.56. The minimum Gasteiger partial charge on any atom is -0.446 e. The monoisotopic (exact) mass is 487 g/mol. The molecule has 0 unspecified atom stereocenters. The van der Waals surface area contributed by atoms with Crippen LogP contribution in [0.2, 0.25) is 0 Å². The molecule has 2 amide bonds. The highest BCUT2D eigenvalue weighted by Crippen LogP contribution is 2.25. The molecule has 0 radical (unpaired) electrons. The predicted octanol–water partition coefficient (Wildman–Crippen LogP) is 3.24. The first-order chi connectivity index (χ1) is 17.5. The van der Waals surface area contributed by atoms with E-state index in [-0.39, 0.29) is 17.5 Å². The number of aryl methyl sites for hydroxylation is 1. The molecule has 7 nitrogen and oxygen atoms in total. The number of primary amides is 1. The first-order valence-corrected chi connectivity index (χ1v) is 11.7. The van der Waals surface area contributed by atoms with Crippen molar-refractivity contribution in [2.24, 2.45) is 0 Å². The van der Waals surface area contributed by atoms with Gasteiger partial charge in [-0.2, -0.15) is 0 Å². The highest BCUT2D eigenvalue weighted by molar-refractivity contribution is 5.93. The molecule has 1 fully saturated rings. The van der Waals surface area contributed by atoms with Crippen LogP contribution in [-0.4, -0.2) is 54.5 Å².